The number of halogens is 1. The van der Waals surface area contributed by atoms with E-state index < -0.39 is 17.3 Å². The Labute approximate surface area is 115 Å². The average Bonchev–Trinajstić information content (AvgIpc) is 2.78. The molecule has 1 unspecified atom stereocenters. The van der Waals surface area contributed by atoms with Crippen molar-refractivity contribution in [2.45, 2.75) is 37.5 Å². The lowest BCUT2D eigenvalue weighted by atomic mass is 9.65. The molecule has 1 aliphatic rings. The maximum Gasteiger partial charge on any atom is 0.321 e. The molecule has 0 aromatic carbocycles. The molecule has 1 atom stereocenters. The van der Waals surface area contributed by atoms with Gasteiger partial charge in [0.2, 0.25) is 0 Å². The summed E-state index contributed by atoms with van der Waals surface area (Å²) in [5, 5.41) is 18.5. The molecule has 0 bridgehead atoms. The van der Waals surface area contributed by atoms with E-state index in [2.05, 4.69) is 0 Å². The van der Waals surface area contributed by atoms with Gasteiger partial charge in [-0.3, -0.25) is 4.79 Å². The van der Waals surface area contributed by atoms with Gasteiger partial charge in [-0.25, -0.2) is 0 Å². The zero-order valence-electron chi connectivity index (χ0n) is 9.86. The first-order valence-electron chi connectivity index (χ1n) is 5.98. The highest BCUT2D eigenvalue weighted by Gasteiger charge is 2.46. The van der Waals surface area contributed by atoms with Crippen LogP contribution in [0.3, 0.4) is 0 Å². The van der Waals surface area contributed by atoms with Gasteiger partial charge in [0, 0.05) is 10.3 Å². The molecule has 1 saturated carbocycles. The van der Waals surface area contributed by atoms with Crippen LogP contribution in [0.2, 0.25) is 4.34 Å². The highest BCUT2D eigenvalue weighted by molar-refractivity contribution is 7.16. The van der Waals surface area contributed by atoms with Crippen LogP contribution in [0.1, 0.15) is 37.0 Å². The number of nitriles is 1. The Morgan fingerprint density at radius 2 is 2.11 bits per heavy atom. The lowest BCUT2D eigenvalue weighted by Gasteiger charge is -2.38. The third-order valence-electron chi connectivity index (χ3n) is 3.74. The summed E-state index contributed by atoms with van der Waals surface area (Å²) in [6.45, 7) is 0. The van der Waals surface area contributed by atoms with Crippen molar-refractivity contribution >= 4 is 28.9 Å². The number of carboxylic acids is 1. The van der Waals surface area contributed by atoms with Crippen molar-refractivity contribution in [1.82, 2.24) is 0 Å². The standard InChI is InChI=1S/C13H14ClNO2S/c14-11-5-4-10(18-11)13(6-2-1-3-7-13)9(8-15)12(16)17/h4-5,9H,1-3,6-7H2,(H,16,17). The van der Waals surface area contributed by atoms with Crippen LogP contribution in [0.5, 0.6) is 0 Å². The first-order chi connectivity index (χ1) is 8.60. The maximum absolute atomic E-state index is 11.4. The molecule has 0 amide bonds. The Bertz CT molecular complexity index is 485. The zero-order valence-corrected chi connectivity index (χ0v) is 11.4. The number of carboxylic acid groups (broad SMARTS) is 1. The van der Waals surface area contributed by atoms with Crippen molar-refractivity contribution in [3.8, 4) is 6.07 Å². The second kappa shape index (κ2) is 5.29. The van der Waals surface area contributed by atoms with E-state index >= 15 is 0 Å². The fourth-order valence-corrected chi connectivity index (χ4v) is 4.18. The Balaban J connectivity index is 2.46. The van der Waals surface area contributed by atoms with Crippen molar-refractivity contribution in [1.29, 1.82) is 5.26 Å². The predicted molar refractivity (Wildman–Crippen MR) is 70.8 cm³/mol. The lowest BCUT2D eigenvalue weighted by molar-refractivity contribution is -0.142. The molecule has 1 aliphatic carbocycles. The second-order valence-electron chi connectivity index (χ2n) is 4.72. The minimum atomic E-state index is -1.02. The molecule has 18 heavy (non-hydrogen) atoms. The average molecular weight is 284 g/mol. The Morgan fingerprint density at radius 1 is 1.44 bits per heavy atom. The number of carbonyl (C=O) groups is 1. The Morgan fingerprint density at radius 3 is 2.56 bits per heavy atom. The fourth-order valence-electron chi connectivity index (χ4n) is 2.86. The number of thiophene rings is 1. The number of hydrogen-bond donors (Lipinski definition) is 1. The third kappa shape index (κ3) is 2.25. The summed E-state index contributed by atoms with van der Waals surface area (Å²) in [5.41, 5.74) is -0.545. The molecule has 0 spiro atoms. The SMILES string of the molecule is N#CC(C(=O)O)C1(c2ccc(Cl)s2)CCCCC1. The summed E-state index contributed by atoms with van der Waals surface area (Å²) in [4.78, 5) is 12.3. The van der Waals surface area contributed by atoms with E-state index in [1.54, 1.807) is 6.07 Å². The van der Waals surface area contributed by atoms with E-state index in [1.807, 2.05) is 12.1 Å². The van der Waals surface area contributed by atoms with E-state index in [1.165, 1.54) is 11.3 Å². The normalized spacial score (nSPS) is 20.0. The van der Waals surface area contributed by atoms with Gasteiger partial charge in [-0.05, 0) is 25.0 Å². The van der Waals surface area contributed by atoms with Crippen LogP contribution in [0.4, 0.5) is 0 Å². The molecule has 1 aromatic rings. The number of nitrogens with zero attached hydrogens (tertiary/aromatic N) is 1. The summed E-state index contributed by atoms with van der Waals surface area (Å²) in [6, 6.07) is 5.65. The molecule has 3 nitrogen and oxygen atoms in total. The summed E-state index contributed by atoms with van der Waals surface area (Å²) < 4.78 is 0.650. The third-order valence-corrected chi connectivity index (χ3v) is 5.19. The van der Waals surface area contributed by atoms with Crippen LogP contribution >= 0.6 is 22.9 Å². The largest absolute Gasteiger partial charge is 0.480 e. The van der Waals surface area contributed by atoms with Gasteiger partial charge in [0.25, 0.3) is 0 Å². The number of hydrogen-bond acceptors (Lipinski definition) is 3. The van der Waals surface area contributed by atoms with Crippen LogP contribution < -0.4 is 0 Å². The maximum atomic E-state index is 11.4. The quantitative estimate of drug-likeness (QED) is 0.917. The van der Waals surface area contributed by atoms with E-state index in [0.717, 1.165) is 37.0 Å². The monoisotopic (exact) mass is 283 g/mol. The highest BCUT2D eigenvalue weighted by Crippen LogP contribution is 2.48. The van der Waals surface area contributed by atoms with Crippen LogP contribution in [-0.2, 0) is 10.2 Å². The fraction of sp³-hybridized carbons (Fsp3) is 0.538. The molecule has 1 fully saturated rings. The molecule has 0 saturated heterocycles. The Hall–Kier alpha value is -1.05. The van der Waals surface area contributed by atoms with Gasteiger partial charge in [-0.15, -0.1) is 11.3 Å². The molecular formula is C13H14ClNO2S. The van der Waals surface area contributed by atoms with Crippen molar-refractivity contribution in [3.05, 3.63) is 21.3 Å². The van der Waals surface area contributed by atoms with Crippen LogP contribution in [0.15, 0.2) is 12.1 Å². The van der Waals surface area contributed by atoms with Crippen molar-refractivity contribution in [3.63, 3.8) is 0 Å². The van der Waals surface area contributed by atoms with Crippen molar-refractivity contribution in [2.24, 2.45) is 5.92 Å². The van der Waals surface area contributed by atoms with Crippen LogP contribution in [-0.4, -0.2) is 11.1 Å². The van der Waals surface area contributed by atoms with E-state index in [-0.39, 0.29) is 0 Å². The number of aliphatic carboxylic acids is 1. The van der Waals surface area contributed by atoms with Gasteiger partial charge in [-0.2, -0.15) is 5.26 Å². The minimum Gasteiger partial charge on any atom is -0.480 e. The van der Waals surface area contributed by atoms with Gasteiger partial charge >= 0.3 is 5.97 Å². The molecule has 1 heterocycles. The van der Waals surface area contributed by atoms with E-state index in [4.69, 9.17) is 11.6 Å². The topological polar surface area (TPSA) is 61.1 Å². The molecule has 1 aromatic heterocycles. The summed E-state index contributed by atoms with van der Waals surface area (Å²) in [6.07, 6.45) is 4.57. The molecule has 5 heteroatoms. The number of rotatable bonds is 3. The molecule has 0 radical (unpaired) electrons. The first-order valence-corrected chi connectivity index (χ1v) is 7.18. The van der Waals surface area contributed by atoms with Gasteiger partial charge in [-0.1, -0.05) is 30.9 Å². The minimum absolute atomic E-state index is 0.545. The van der Waals surface area contributed by atoms with Gasteiger partial charge in [0.05, 0.1) is 10.4 Å². The van der Waals surface area contributed by atoms with Crippen LogP contribution in [0, 0.1) is 17.2 Å². The van der Waals surface area contributed by atoms with Gasteiger partial charge < -0.3 is 5.11 Å². The van der Waals surface area contributed by atoms with Crippen LogP contribution in [0.25, 0.3) is 0 Å². The van der Waals surface area contributed by atoms with Gasteiger partial charge in [0.15, 0.2) is 5.92 Å². The van der Waals surface area contributed by atoms with Crippen molar-refractivity contribution in [2.75, 3.05) is 0 Å². The first kappa shape index (κ1) is 13.4. The van der Waals surface area contributed by atoms with Crippen molar-refractivity contribution < 1.29 is 9.90 Å². The van der Waals surface area contributed by atoms with E-state index in [0.29, 0.717) is 4.34 Å². The highest BCUT2D eigenvalue weighted by atomic mass is 35.5. The smallest absolute Gasteiger partial charge is 0.321 e. The molecule has 1 N–H and O–H groups in total. The van der Waals surface area contributed by atoms with E-state index in [9.17, 15) is 15.2 Å². The Kier molecular flexibility index (Phi) is 3.94. The summed E-state index contributed by atoms with van der Waals surface area (Å²) in [7, 11) is 0. The lowest BCUT2D eigenvalue weighted by Crippen LogP contribution is -2.40. The predicted octanol–water partition coefficient (Wildman–Crippen LogP) is 3.83. The molecule has 0 aliphatic heterocycles. The molecular weight excluding hydrogens is 270 g/mol. The summed E-state index contributed by atoms with van der Waals surface area (Å²) in [5.74, 6) is -2.00. The van der Waals surface area contributed by atoms with Gasteiger partial charge in [0.1, 0.15) is 0 Å². The summed E-state index contributed by atoms with van der Waals surface area (Å²) >= 11 is 7.36. The molecule has 96 valence electrons. The second-order valence-corrected chi connectivity index (χ2v) is 6.44. The zero-order chi connectivity index (χ0) is 13.2. The molecule has 2 rings (SSSR count).